The van der Waals surface area contributed by atoms with Gasteiger partial charge in [0.15, 0.2) is 0 Å². The van der Waals surface area contributed by atoms with Crippen molar-refractivity contribution in [2.75, 3.05) is 19.8 Å². The Labute approximate surface area is 114 Å². The van der Waals surface area contributed by atoms with E-state index in [0.29, 0.717) is 17.4 Å². The Morgan fingerprint density at radius 3 is 2.78 bits per heavy atom. The van der Waals surface area contributed by atoms with Crippen molar-refractivity contribution >= 4 is 11.6 Å². The maximum Gasteiger partial charge on any atom is 0.0554 e. The van der Waals surface area contributed by atoms with Crippen molar-refractivity contribution < 1.29 is 4.74 Å². The summed E-state index contributed by atoms with van der Waals surface area (Å²) < 4.78 is 5.27. The number of rotatable bonds is 4. The van der Waals surface area contributed by atoms with Gasteiger partial charge < -0.3 is 10.1 Å². The zero-order valence-corrected chi connectivity index (χ0v) is 11.5. The average molecular weight is 266 g/mol. The predicted molar refractivity (Wildman–Crippen MR) is 74.1 cm³/mol. The molecular weight excluding hydrogens is 246 g/mol. The van der Waals surface area contributed by atoms with Crippen LogP contribution >= 0.6 is 11.6 Å². The first-order valence-corrected chi connectivity index (χ1v) is 7.09. The minimum atomic E-state index is 0.376. The lowest BCUT2D eigenvalue weighted by atomic mass is 9.75. The Hall–Kier alpha value is -0.570. The molecule has 2 nitrogen and oxygen atoms in total. The fourth-order valence-electron chi connectivity index (χ4n) is 2.76. The molecule has 0 bridgehead atoms. The van der Waals surface area contributed by atoms with E-state index in [0.717, 1.165) is 24.8 Å². The minimum Gasteiger partial charge on any atom is -0.380 e. The van der Waals surface area contributed by atoms with Gasteiger partial charge in [0.25, 0.3) is 0 Å². The van der Waals surface area contributed by atoms with Crippen molar-refractivity contribution in [2.45, 2.75) is 31.7 Å². The van der Waals surface area contributed by atoms with Gasteiger partial charge in [-0.3, -0.25) is 0 Å². The molecule has 1 N–H and O–H groups in total. The van der Waals surface area contributed by atoms with Crippen LogP contribution in [0.15, 0.2) is 24.3 Å². The Kier molecular flexibility index (Phi) is 3.35. The Morgan fingerprint density at radius 1 is 1.39 bits per heavy atom. The molecule has 98 valence electrons. The van der Waals surface area contributed by atoms with Crippen LogP contribution in [0.2, 0.25) is 5.02 Å². The molecular formula is C15H20ClNO. The molecule has 0 atom stereocenters. The molecule has 3 rings (SSSR count). The lowest BCUT2D eigenvalue weighted by molar-refractivity contribution is -0.101. The summed E-state index contributed by atoms with van der Waals surface area (Å²) in [6, 6.07) is 8.95. The SMILES string of the molecule is CC1(CNC2CC(c3cccc(Cl)c3)C2)COC1. The topological polar surface area (TPSA) is 21.3 Å². The molecule has 2 aliphatic rings. The third-order valence-electron chi connectivity index (χ3n) is 4.18. The van der Waals surface area contributed by atoms with Crippen molar-refractivity contribution in [2.24, 2.45) is 5.41 Å². The Morgan fingerprint density at radius 2 is 2.17 bits per heavy atom. The molecule has 1 aromatic carbocycles. The van der Waals surface area contributed by atoms with Crippen molar-refractivity contribution in [3.8, 4) is 0 Å². The lowest BCUT2D eigenvalue weighted by Gasteiger charge is -2.42. The van der Waals surface area contributed by atoms with Gasteiger partial charge in [-0.15, -0.1) is 0 Å². The molecule has 2 fully saturated rings. The van der Waals surface area contributed by atoms with Gasteiger partial charge in [0.1, 0.15) is 0 Å². The third-order valence-corrected chi connectivity index (χ3v) is 4.41. The summed E-state index contributed by atoms with van der Waals surface area (Å²) in [6.45, 7) is 5.19. The maximum atomic E-state index is 6.02. The van der Waals surface area contributed by atoms with E-state index in [2.05, 4.69) is 24.4 Å². The highest BCUT2D eigenvalue weighted by Gasteiger charge is 2.36. The van der Waals surface area contributed by atoms with Gasteiger partial charge in [-0.1, -0.05) is 30.7 Å². The largest absolute Gasteiger partial charge is 0.380 e. The van der Waals surface area contributed by atoms with E-state index < -0.39 is 0 Å². The Balaban J connectivity index is 1.45. The van der Waals surface area contributed by atoms with Crippen molar-refractivity contribution in [3.05, 3.63) is 34.9 Å². The standard InChI is InChI=1S/C15H20ClNO/c1-15(9-18-10-15)8-17-14-6-12(7-14)11-3-2-4-13(16)5-11/h2-5,12,14,17H,6-10H2,1H3. The van der Waals surface area contributed by atoms with E-state index in [1.54, 1.807) is 0 Å². The fraction of sp³-hybridized carbons (Fsp3) is 0.600. The van der Waals surface area contributed by atoms with Gasteiger partial charge in [-0.2, -0.15) is 0 Å². The van der Waals surface area contributed by atoms with Gasteiger partial charge in [0, 0.05) is 23.0 Å². The average Bonchev–Trinajstić information content (AvgIpc) is 2.24. The summed E-state index contributed by atoms with van der Waals surface area (Å²) in [5, 5.41) is 4.51. The van der Waals surface area contributed by atoms with Crippen LogP contribution in [-0.4, -0.2) is 25.8 Å². The van der Waals surface area contributed by atoms with Gasteiger partial charge >= 0.3 is 0 Å². The molecule has 1 saturated carbocycles. The van der Waals surface area contributed by atoms with Crippen LogP contribution in [0.3, 0.4) is 0 Å². The van der Waals surface area contributed by atoms with Crippen LogP contribution in [0, 0.1) is 5.41 Å². The zero-order valence-electron chi connectivity index (χ0n) is 10.8. The summed E-state index contributed by atoms with van der Waals surface area (Å²) >= 11 is 6.02. The van der Waals surface area contributed by atoms with E-state index in [1.165, 1.54) is 18.4 Å². The molecule has 0 spiro atoms. The summed E-state index contributed by atoms with van der Waals surface area (Å²) in [6.07, 6.45) is 2.47. The molecule has 0 aromatic heterocycles. The first-order valence-electron chi connectivity index (χ1n) is 6.71. The van der Waals surface area contributed by atoms with E-state index in [-0.39, 0.29) is 0 Å². The first-order chi connectivity index (χ1) is 8.65. The van der Waals surface area contributed by atoms with Crippen molar-refractivity contribution in [1.82, 2.24) is 5.32 Å². The third kappa shape index (κ3) is 2.56. The molecule has 1 aliphatic carbocycles. The summed E-state index contributed by atoms with van der Waals surface area (Å²) in [5.74, 6) is 0.687. The highest BCUT2D eigenvalue weighted by Crippen LogP contribution is 2.38. The van der Waals surface area contributed by atoms with Crippen LogP contribution < -0.4 is 5.32 Å². The van der Waals surface area contributed by atoms with Crippen LogP contribution in [-0.2, 0) is 4.74 Å². The van der Waals surface area contributed by atoms with Gasteiger partial charge in [0.2, 0.25) is 0 Å². The lowest BCUT2D eigenvalue weighted by Crippen LogP contribution is -2.51. The molecule has 0 amide bonds. The molecule has 3 heteroatoms. The molecule has 18 heavy (non-hydrogen) atoms. The van der Waals surface area contributed by atoms with Crippen LogP contribution in [0.25, 0.3) is 0 Å². The summed E-state index contributed by atoms with van der Waals surface area (Å²) in [5.41, 5.74) is 1.76. The van der Waals surface area contributed by atoms with E-state index in [1.807, 2.05) is 12.1 Å². The monoisotopic (exact) mass is 265 g/mol. The predicted octanol–water partition coefficient (Wildman–Crippen LogP) is 3.21. The normalized spacial score (nSPS) is 29.4. The molecule has 0 radical (unpaired) electrons. The molecule has 1 aromatic rings. The molecule has 1 aliphatic heterocycles. The first kappa shape index (κ1) is 12.5. The number of halogens is 1. The second-order valence-corrected chi connectivity index (χ2v) is 6.54. The van der Waals surface area contributed by atoms with E-state index in [9.17, 15) is 0 Å². The molecule has 1 saturated heterocycles. The van der Waals surface area contributed by atoms with Crippen LogP contribution in [0.5, 0.6) is 0 Å². The van der Waals surface area contributed by atoms with Gasteiger partial charge in [0.05, 0.1) is 13.2 Å². The fourth-order valence-corrected chi connectivity index (χ4v) is 2.96. The van der Waals surface area contributed by atoms with Crippen molar-refractivity contribution in [3.63, 3.8) is 0 Å². The number of benzene rings is 1. The maximum absolute atomic E-state index is 6.02. The molecule has 0 unspecified atom stereocenters. The second kappa shape index (κ2) is 4.84. The summed E-state index contributed by atoms with van der Waals surface area (Å²) in [4.78, 5) is 0. The smallest absolute Gasteiger partial charge is 0.0554 e. The number of hydrogen-bond acceptors (Lipinski definition) is 2. The number of hydrogen-bond donors (Lipinski definition) is 1. The molecule has 1 heterocycles. The second-order valence-electron chi connectivity index (χ2n) is 6.10. The zero-order chi connectivity index (χ0) is 12.6. The highest BCUT2D eigenvalue weighted by molar-refractivity contribution is 6.30. The van der Waals surface area contributed by atoms with Gasteiger partial charge in [-0.05, 0) is 36.5 Å². The minimum absolute atomic E-state index is 0.376. The quantitative estimate of drug-likeness (QED) is 0.903. The van der Waals surface area contributed by atoms with E-state index in [4.69, 9.17) is 16.3 Å². The van der Waals surface area contributed by atoms with Crippen LogP contribution in [0.1, 0.15) is 31.2 Å². The Bertz CT molecular complexity index is 424. The highest BCUT2D eigenvalue weighted by atomic mass is 35.5. The van der Waals surface area contributed by atoms with Gasteiger partial charge in [-0.25, -0.2) is 0 Å². The summed E-state index contributed by atoms with van der Waals surface area (Å²) in [7, 11) is 0. The number of ether oxygens (including phenoxy) is 1. The van der Waals surface area contributed by atoms with Crippen LogP contribution in [0.4, 0.5) is 0 Å². The number of nitrogens with one attached hydrogen (secondary N) is 1. The van der Waals surface area contributed by atoms with E-state index >= 15 is 0 Å². The van der Waals surface area contributed by atoms with Crippen molar-refractivity contribution in [1.29, 1.82) is 0 Å².